The predicted molar refractivity (Wildman–Crippen MR) is 83.8 cm³/mol. The van der Waals surface area contributed by atoms with Crippen molar-refractivity contribution >= 4 is 11.6 Å². The third-order valence-corrected chi connectivity index (χ3v) is 5.30. The molecule has 20 heavy (non-hydrogen) atoms. The number of hydrogen-bond donors (Lipinski definition) is 0. The van der Waals surface area contributed by atoms with Crippen molar-refractivity contribution in [3.05, 3.63) is 41.4 Å². The van der Waals surface area contributed by atoms with Crippen LogP contribution in [0, 0.1) is 5.92 Å². The number of aromatic nitrogens is 1. The first-order valence-corrected chi connectivity index (χ1v) is 8.17. The van der Waals surface area contributed by atoms with Gasteiger partial charge in [0, 0.05) is 31.2 Å². The molecule has 1 atom stereocenters. The largest absolute Gasteiger partial charge is 0.374 e. The van der Waals surface area contributed by atoms with Gasteiger partial charge in [-0.15, -0.1) is 11.6 Å². The molecular weight excluding hydrogens is 268 g/mol. The lowest BCUT2D eigenvalue weighted by Crippen LogP contribution is -2.47. The average molecular weight is 291 g/mol. The standard InChI is InChI=1S/C17H23ClN2/c1-13(4-2-5-14-6-3-9-19-12-14)17-16(18)15-7-10-20(17)11-8-15/h3,6,9,12,15-16H,2,4-5,7-8,10-11H2,1H3. The fourth-order valence-corrected chi connectivity index (χ4v) is 4.14. The van der Waals surface area contributed by atoms with Gasteiger partial charge in [-0.3, -0.25) is 4.98 Å². The summed E-state index contributed by atoms with van der Waals surface area (Å²) >= 11 is 6.66. The van der Waals surface area contributed by atoms with E-state index in [2.05, 4.69) is 22.9 Å². The summed E-state index contributed by atoms with van der Waals surface area (Å²) in [6, 6.07) is 4.17. The van der Waals surface area contributed by atoms with Crippen LogP contribution in [0.25, 0.3) is 0 Å². The lowest BCUT2D eigenvalue weighted by atomic mass is 9.83. The number of piperidine rings is 3. The van der Waals surface area contributed by atoms with E-state index in [-0.39, 0.29) is 5.38 Å². The highest BCUT2D eigenvalue weighted by molar-refractivity contribution is 6.22. The molecule has 0 aliphatic carbocycles. The third-order valence-electron chi connectivity index (χ3n) is 4.73. The van der Waals surface area contributed by atoms with Crippen LogP contribution in [0.5, 0.6) is 0 Å². The van der Waals surface area contributed by atoms with Gasteiger partial charge in [0.1, 0.15) is 0 Å². The minimum absolute atomic E-state index is 0.260. The van der Waals surface area contributed by atoms with Crippen molar-refractivity contribution in [1.82, 2.24) is 9.88 Å². The lowest BCUT2D eigenvalue weighted by molar-refractivity contribution is 0.161. The Bertz CT molecular complexity index is 471. The summed E-state index contributed by atoms with van der Waals surface area (Å²) in [5.41, 5.74) is 4.27. The van der Waals surface area contributed by atoms with Gasteiger partial charge in [-0.2, -0.15) is 0 Å². The SMILES string of the molecule is CC(CCCc1cccnc1)=C1C(Cl)C2CCN1CC2. The van der Waals surface area contributed by atoms with Crippen LogP contribution >= 0.6 is 11.6 Å². The van der Waals surface area contributed by atoms with Gasteiger partial charge in [-0.05, 0) is 56.6 Å². The highest BCUT2D eigenvalue weighted by Gasteiger charge is 2.37. The molecule has 0 spiro atoms. The topological polar surface area (TPSA) is 16.1 Å². The van der Waals surface area contributed by atoms with Crippen molar-refractivity contribution in [3.63, 3.8) is 0 Å². The molecule has 0 radical (unpaired) electrons. The fourth-order valence-electron chi connectivity index (χ4n) is 3.57. The molecule has 4 rings (SSSR count). The summed E-state index contributed by atoms with van der Waals surface area (Å²) in [6.07, 6.45) is 9.80. The zero-order valence-corrected chi connectivity index (χ0v) is 12.9. The second-order valence-electron chi connectivity index (χ2n) is 6.11. The number of pyridine rings is 1. The lowest BCUT2D eigenvalue weighted by Gasteiger charge is -2.46. The summed E-state index contributed by atoms with van der Waals surface area (Å²) in [5, 5.41) is 0.260. The molecule has 1 unspecified atom stereocenters. The molecule has 3 saturated heterocycles. The molecule has 108 valence electrons. The second-order valence-corrected chi connectivity index (χ2v) is 6.58. The first-order chi connectivity index (χ1) is 9.75. The number of alkyl halides is 1. The van der Waals surface area contributed by atoms with E-state index in [1.165, 1.54) is 49.2 Å². The molecule has 0 saturated carbocycles. The molecule has 0 aromatic carbocycles. The van der Waals surface area contributed by atoms with Crippen LogP contribution in [0.3, 0.4) is 0 Å². The maximum absolute atomic E-state index is 6.66. The first-order valence-electron chi connectivity index (χ1n) is 7.73. The Kier molecular flexibility index (Phi) is 4.30. The van der Waals surface area contributed by atoms with Crippen LogP contribution in [-0.4, -0.2) is 28.4 Å². The zero-order chi connectivity index (χ0) is 13.9. The van der Waals surface area contributed by atoms with Crippen LogP contribution in [0.15, 0.2) is 35.8 Å². The van der Waals surface area contributed by atoms with E-state index in [0.717, 1.165) is 12.8 Å². The Morgan fingerprint density at radius 1 is 1.40 bits per heavy atom. The smallest absolute Gasteiger partial charge is 0.0762 e. The Balaban J connectivity index is 1.60. The van der Waals surface area contributed by atoms with Crippen LogP contribution in [0.4, 0.5) is 0 Å². The quantitative estimate of drug-likeness (QED) is 0.779. The van der Waals surface area contributed by atoms with E-state index in [1.807, 2.05) is 18.5 Å². The molecule has 1 aromatic rings. The Morgan fingerprint density at radius 2 is 2.20 bits per heavy atom. The third kappa shape index (κ3) is 2.85. The molecule has 2 nitrogen and oxygen atoms in total. The maximum atomic E-state index is 6.66. The highest BCUT2D eigenvalue weighted by Crippen LogP contribution is 2.40. The molecule has 3 aliphatic rings. The summed E-state index contributed by atoms with van der Waals surface area (Å²) in [5.74, 6) is 0.713. The molecule has 3 aliphatic heterocycles. The van der Waals surface area contributed by atoms with E-state index in [4.69, 9.17) is 11.6 Å². The molecule has 2 bridgehead atoms. The number of nitrogens with zero attached hydrogens (tertiary/aromatic N) is 2. The number of allylic oxidation sites excluding steroid dienone is 2. The second kappa shape index (κ2) is 6.17. The van der Waals surface area contributed by atoms with E-state index < -0.39 is 0 Å². The van der Waals surface area contributed by atoms with Gasteiger partial charge in [0.25, 0.3) is 0 Å². The molecule has 3 fully saturated rings. The van der Waals surface area contributed by atoms with E-state index >= 15 is 0 Å². The van der Waals surface area contributed by atoms with Crippen molar-refractivity contribution in [2.45, 2.75) is 44.4 Å². The molecule has 0 N–H and O–H groups in total. The normalized spacial score (nSPS) is 27.8. The van der Waals surface area contributed by atoms with Crippen molar-refractivity contribution in [2.75, 3.05) is 13.1 Å². The summed E-state index contributed by atoms with van der Waals surface area (Å²) in [7, 11) is 0. The van der Waals surface area contributed by atoms with Gasteiger partial charge in [0.2, 0.25) is 0 Å². The summed E-state index contributed by atoms with van der Waals surface area (Å²) < 4.78 is 0. The number of fused-ring (bicyclic) bond motifs is 3. The van der Waals surface area contributed by atoms with Gasteiger partial charge < -0.3 is 4.90 Å². The number of halogens is 1. The Labute approximate surface area is 126 Å². The van der Waals surface area contributed by atoms with Gasteiger partial charge in [0.15, 0.2) is 0 Å². The Morgan fingerprint density at radius 3 is 2.85 bits per heavy atom. The average Bonchev–Trinajstić information content (AvgIpc) is 2.49. The molecule has 3 heteroatoms. The monoisotopic (exact) mass is 290 g/mol. The zero-order valence-electron chi connectivity index (χ0n) is 12.2. The van der Waals surface area contributed by atoms with Crippen LogP contribution in [0.1, 0.15) is 38.2 Å². The van der Waals surface area contributed by atoms with Crippen molar-refractivity contribution < 1.29 is 0 Å². The van der Waals surface area contributed by atoms with E-state index in [9.17, 15) is 0 Å². The van der Waals surface area contributed by atoms with Crippen molar-refractivity contribution in [1.29, 1.82) is 0 Å². The van der Waals surface area contributed by atoms with Gasteiger partial charge in [-0.1, -0.05) is 11.6 Å². The maximum Gasteiger partial charge on any atom is 0.0762 e. The first kappa shape index (κ1) is 13.9. The van der Waals surface area contributed by atoms with Crippen LogP contribution < -0.4 is 0 Å². The van der Waals surface area contributed by atoms with Crippen molar-refractivity contribution in [3.8, 4) is 0 Å². The molecular formula is C17H23ClN2. The molecule has 4 heterocycles. The minimum atomic E-state index is 0.260. The van der Waals surface area contributed by atoms with Gasteiger partial charge >= 0.3 is 0 Å². The van der Waals surface area contributed by atoms with Gasteiger partial charge in [0.05, 0.1) is 5.38 Å². The molecule has 1 aromatic heterocycles. The Hall–Kier alpha value is -1.02. The van der Waals surface area contributed by atoms with Crippen LogP contribution in [-0.2, 0) is 6.42 Å². The predicted octanol–water partition coefficient (Wildman–Crippen LogP) is 4.01. The van der Waals surface area contributed by atoms with E-state index in [0.29, 0.717) is 5.92 Å². The number of hydrogen-bond acceptors (Lipinski definition) is 2. The fraction of sp³-hybridized carbons (Fsp3) is 0.588. The van der Waals surface area contributed by atoms with Crippen LogP contribution in [0.2, 0.25) is 0 Å². The summed E-state index contributed by atoms with van der Waals surface area (Å²) in [4.78, 5) is 6.70. The highest BCUT2D eigenvalue weighted by atomic mass is 35.5. The number of rotatable bonds is 4. The minimum Gasteiger partial charge on any atom is -0.374 e. The number of aryl methyl sites for hydroxylation is 1. The van der Waals surface area contributed by atoms with E-state index in [1.54, 1.807) is 0 Å². The molecule has 0 amide bonds. The van der Waals surface area contributed by atoms with Crippen molar-refractivity contribution in [2.24, 2.45) is 5.92 Å². The van der Waals surface area contributed by atoms with Gasteiger partial charge in [-0.25, -0.2) is 0 Å². The summed E-state index contributed by atoms with van der Waals surface area (Å²) in [6.45, 7) is 4.70.